The molecular weight excluding hydrogens is 238 g/mol. The van der Waals surface area contributed by atoms with Crippen molar-refractivity contribution >= 4 is 11.6 Å². The van der Waals surface area contributed by atoms with E-state index in [1.165, 1.54) is 0 Å². The molecule has 0 aliphatic heterocycles. The molecule has 17 heavy (non-hydrogen) atoms. The van der Waals surface area contributed by atoms with Gasteiger partial charge in [-0.05, 0) is 24.6 Å². The van der Waals surface area contributed by atoms with Crippen LogP contribution < -0.4 is 5.32 Å². The fourth-order valence-electron chi connectivity index (χ4n) is 1.46. The van der Waals surface area contributed by atoms with Crippen LogP contribution in [-0.2, 0) is 16.1 Å². The molecule has 0 bridgehead atoms. The molecule has 1 rings (SSSR count). The van der Waals surface area contributed by atoms with Gasteiger partial charge in [0, 0.05) is 24.7 Å². The Morgan fingerprint density at radius 1 is 1.29 bits per heavy atom. The third kappa shape index (κ3) is 6.64. The predicted molar refractivity (Wildman–Crippen MR) is 70.4 cm³/mol. The van der Waals surface area contributed by atoms with E-state index in [0.717, 1.165) is 23.7 Å². The summed E-state index contributed by atoms with van der Waals surface area (Å²) in [6.07, 6.45) is 0. The van der Waals surface area contributed by atoms with Gasteiger partial charge in [0.05, 0.1) is 19.8 Å². The molecule has 0 saturated carbocycles. The second kappa shape index (κ2) is 8.48. The Bertz CT molecular complexity index is 303. The minimum atomic E-state index is 0.360. The first-order valence-corrected chi connectivity index (χ1v) is 6.14. The summed E-state index contributed by atoms with van der Waals surface area (Å²) in [5.41, 5.74) is 1.14. The average Bonchev–Trinajstić information content (AvgIpc) is 2.31. The molecule has 0 amide bonds. The molecule has 0 heterocycles. The SMILES string of the molecule is COCC(C)NCCOCc1ccc(Cl)cc1. The highest BCUT2D eigenvalue weighted by Crippen LogP contribution is 2.09. The van der Waals surface area contributed by atoms with Gasteiger partial charge in [0.25, 0.3) is 0 Å². The second-order valence-corrected chi connectivity index (χ2v) is 4.43. The molecule has 0 aromatic heterocycles. The third-order valence-corrected chi connectivity index (χ3v) is 2.59. The second-order valence-electron chi connectivity index (χ2n) is 3.99. The quantitative estimate of drug-likeness (QED) is 0.726. The molecule has 0 saturated heterocycles. The number of nitrogens with one attached hydrogen (secondary N) is 1. The Morgan fingerprint density at radius 2 is 2.00 bits per heavy atom. The van der Waals surface area contributed by atoms with Gasteiger partial charge in [0.2, 0.25) is 0 Å². The Morgan fingerprint density at radius 3 is 2.65 bits per heavy atom. The summed E-state index contributed by atoms with van der Waals surface area (Å²) in [5, 5.41) is 4.06. The predicted octanol–water partition coefficient (Wildman–Crippen LogP) is 2.48. The van der Waals surface area contributed by atoms with Gasteiger partial charge < -0.3 is 14.8 Å². The smallest absolute Gasteiger partial charge is 0.0717 e. The van der Waals surface area contributed by atoms with Crippen LogP contribution in [0.1, 0.15) is 12.5 Å². The molecule has 4 heteroatoms. The van der Waals surface area contributed by atoms with Crippen LogP contribution in [0.15, 0.2) is 24.3 Å². The Labute approximate surface area is 108 Å². The zero-order valence-electron chi connectivity index (χ0n) is 10.4. The van der Waals surface area contributed by atoms with E-state index in [0.29, 0.717) is 19.3 Å². The summed E-state index contributed by atoms with van der Waals surface area (Å²) in [6, 6.07) is 8.06. The highest BCUT2D eigenvalue weighted by Gasteiger charge is 1.99. The molecule has 1 N–H and O–H groups in total. The largest absolute Gasteiger partial charge is 0.383 e. The van der Waals surface area contributed by atoms with Crippen LogP contribution in [0.4, 0.5) is 0 Å². The lowest BCUT2D eigenvalue weighted by Gasteiger charge is -2.12. The first kappa shape index (κ1) is 14.5. The topological polar surface area (TPSA) is 30.5 Å². The van der Waals surface area contributed by atoms with Crippen LogP contribution in [-0.4, -0.2) is 32.9 Å². The van der Waals surface area contributed by atoms with Gasteiger partial charge in [0.1, 0.15) is 0 Å². The average molecular weight is 258 g/mol. The van der Waals surface area contributed by atoms with Crippen molar-refractivity contribution in [3.8, 4) is 0 Å². The summed E-state index contributed by atoms with van der Waals surface area (Å²) in [4.78, 5) is 0. The van der Waals surface area contributed by atoms with Gasteiger partial charge in [-0.3, -0.25) is 0 Å². The van der Waals surface area contributed by atoms with Gasteiger partial charge in [-0.1, -0.05) is 23.7 Å². The number of rotatable bonds is 8. The first-order valence-electron chi connectivity index (χ1n) is 5.77. The van der Waals surface area contributed by atoms with E-state index in [4.69, 9.17) is 21.1 Å². The zero-order valence-corrected chi connectivity index (χ0v) is 11.2. The fourth-order valence-corrected chi connectivity index (χ4v) is 1.58. The van der Waals surface area contributed by atoms with Gasteiger partial charge in [-0.25, -0.2) is 0 Å². The molecule has 1 unspecified atom stereocenters. The van der Waals surface area contributed by atoms with Gasteiger partial charge in [0.15, 0.2) is 0 Å². The van der Waals surface area contributed by atoms with Crippen LogP contribution in [0.3, 0.4) is 0 Å². The van der Waals surface area contributed by atoms with E-state index in [1.807, 2.05) is 24.3 Å². The highest BCUT2D eigenvalue weighted by molar-refractivity contribution is 6.30. The summed E-state index contributed by atoms with van der Waals surface area (Å²) in [6.45, 7) is 4.95. The van der Waals surface area contributed by atoms with E-state index in [1.54, 1.807) is 7.11 Å². The van der Waals surface area contributed by atoms with Crippen molar-refractivity contribution in [3.05, 3.63) is 34.9 Å². The molecular formula is C13H20ClNO2. The maximum absolute atomic E-state index is 5.80. The number of halogens is 1. The first-order chi connectivity index (χ1) is 8.22. The molecule has 1 aromatic rings. The van der Waals surface area contributed by atoms with Crippen molar-refractivity contribution in [2.45, 2.75) is 19.6 Å². The van der Waals surface area contributed by atoms with E-state index in [9.17, 15) is 0 Å². The minimum Gasteiger partial charge on any atom is -0.383 e. The van der Waals surface area contributed by atoms with Crippen molar-refractivity contribution in [1.29, 1.82) is 0 Å². The van der Waals surface area contributed by atoms with E-state index in [2.05, 4.69) is 12.2 Å². The monoisotopic (exact) mass is 257 g/mol. The van der Waals surface area contributed by atoms with Gasteiger partial charge >= 0.3 is 0 Å². The number of hydrogen-bond donors (Lipinski definition) is 1. The van der Waals surface area contributed by atoms with E-state index >= 15 is 0 Å². The molecule has 96 valence electrons. The molecule has 0 fully saturated rings. The van der Waals surface area contributed by atoms with Gasteiger partial charge in [-0.15, -0.1) is 0 Å². The Hall–Kier alpha value is -0.610. The summed E-state index contributed by atoms with van der Waals surface area (Å²) >= 11 is 5.80. The number of ether oxygens (including phenoxy) is 2. The normalized spacial score (nSPS) is 12.6. The maximum atomic E-state index is 5.80. The third-order valence-electron chi connectivity index (χ3n) is 2.34. The lowest BCUT2D eigenvalue weighted by atomic mass is 10.2. The van der Waals surface area contributed by atoms with Crippen molar-refractivity contribution in [2.75, 3.05) is 26.9 Å². The van der Waals surface area contributed by atoms with Crippen molar-refractivity contribution in [1.82, 2.24) is 5.32 Å². The van der Waals surface area contributed by atoms with Crippen LogP contribution in [0.5, 0.6) is 0 Å². The molecule has 0 radical (unpaired) electrons. The Balaban J connectivity index is 2.06. The molecule has 0 aliphatic rings. The maximum Gasteiger partial charge on any atom is 0.0717 e. The summed E-state index contributed by atoms with van der Waals surface area (Å²) in [7, 11) is 1.70. The van der Waals surface area contributed by atoms with Crippen molar-refractivity contribution in [3.63, 3.8) is 0 Å². The highest BCUT2D eigenvalue weighted by atomic mass is 35.5. The van der Waals surface area contributed by atoms with Crippen LogP contribution in [0.2, 0.25) is 5.02 Å². The van der Waals surface area contributed by atoms with Crippen LogP contribution in [0.25, 0.3) is 0 Å². The number of hydrogen-bond acceptors (Lipinski definition) is 3. The zero-order chi connectivity index (χ0) is 12.5. The molecule has 0 spiro atoms. The van der Waals surface area contributed by atoms with Crippen molar-refractivity contribution < 1.29 is 9.47 Å². The standard InChI is InChI=1S/C13H20ClNO2/c1-11(9-16-2)15-7-8-17-10-12-3-5-13(14)6-4-12/h3-6,11,15H,7-10H2,1-2H3. The summed E-state index contributed by atoms with van der Waals surface area (Å²) in [5.74, 6) is 0. The van der Waals surface area contributed by atoms with Crippen molar-refractivity contribution in [2.24, 2.45) is 0 Å². The molecule has 1 atom stereocenters. The van der Waals surface area contributed by atoms with E-state index < -0.39 is 0 Å². The van der Waals surface area contributed by atoms with Gasteiger partial charge in [-0.2, -0.15) is 0 Å². The fraction of sp³-hybridized carbons (Fsp3) is 0.538. The molecule has 3 nitrogen and oxygen atoms in total. The molecule has 0 aliphatic carbocycles. The lowest BCUT2D eigenvalue weighted by molar-refractivity contribution is 0.114. The van der Waals surface area contributed by atoms with Crippen LogP contribution in [0, 0.1) is 0 Å². The van der Waals surface area contributed by atoms with E-state index in [-0.39, 0.29) is 0 Å². The number of methoxy groups -OCH3 is 1. The summed E-state index contributed by atoms with van der Waals surface area (Å²) < 4.78 is 10.6. The lowest BCUT2D eigenvalue weighted by Crippen LogP contribution is -2.32. The van der Waals surface area contributed by atoms with Crippen LogP contribution >= 0.6 is 11.6 Å². The Kier molecular flexibility index (Phi) is 7.21. The minimum absolute atomic E-state index is 0.360. The number of benzene rings is 1. The molecule has 1 aromatic carbocycles.